The largest absolute Gasteiger partial charge is 0.352 e. The maximum atomic E-state index is 14.3. The molecule has 1 aliphatic rings. The predicted octanol–water partition coefficient (Wildman–Crippen LogP) is 6.42. The molecule has 1 saturated carbocycles. The lowest BCUT2D eigenvalue weighted by atomic mass is 10.0. The van der Waals surface area contributed by atoms with Gasteiger partial charge in [0.25, 0.3) is 0 Å². The first-order valence-electron chi connectivity index (χ1n) is 13.7. The molecule has 0 saturated heterocycles. The minimum absolute atomic E-state index is 0.0147. The molecular formula is C31H34Cl3N3O4S. The van der Waals surface area contributed by atoms with E-state index in [1.807, 2.05) is 30.3 Å². The van der Waals surface area contributed by atoms with Gasteiger partial charge < -0.3 is 10.2 Å². The number of aryl methyl sites for hydroxylation is 1. The second-order valence-electron chi connectivity index (χ2n) is 10.6. The van der Waals surface area contributed by atoms with Crippen molar-refractivity contribution in [2.75, 3.05) is 17.1 Å². The number of hydrogen-bond donors (Lipinski definition) is 1. The first kappa shape index (κ1) is 32.1. The van der Waals surface area contributed by atoms with Gasteiger partial charge in [-0.3, -0.25) is 13.9 Å². The molecule has 7 nitrogen and oxygen atoms in total. The highest BCUT2D eigenvalue weighted by molar-refractivity contribution is 7.92. The Morgan fingerprint density at radius 1 is 0.952 bits per heavy atom. The second kappa shape index (κ2) is 14.1. The van der Waals surface area contributed by atoms with Crippen molar-refractivity contribution in [3.05, 3.63) is 98.5 Å². The Labute approximate surface area is 262 Å². The number of carbonyl (C=O) groups excluding carboxylic acids is 2. The van der Waals surface area contributed by atoms with Gasteiger partial charge in [0.05, 0.1) is 11.9 Å². The van der Waals surface area contributed by atoms with Crippen LogP contribution in [-0.4, -0.2) is 50.0 Å². The molecule has 3 aromatic carbocycles. The van der Waals surface area contributed by atoms with E-state index in [4.69, 9.17) is 34.8 Å². The summed E-state index contributed by atoms with van der Waals surface area (Å²) in [6.45, 7) is 1.09. The molecule has 0 bridgehead atoms. The highest BCUT2D eigenvalue weighted by Crippen LogP contribution is 2.29. The Balaban J connectivity index is 1.77. The lowest BCUT2D eigenvalue weighted by Gasteiger charge is -2.34. The molecule has 42 heavy (non-hydrogen) atoms. The fraction of sp³-hybridized carbons (Fsp3) is 0.355. The molecule has 3 aromatic rings. The van der Waals surface area contributed by atoms with Gasteiger partial charge in [0.15, 0.2) is 0 Å². The second-order valence-corrected chi connectivity index (χ2v) is 13.8. The highest BCUT2D eigenvalue weighted by atomic mass is 35.5. The molecule has 0 aromatic heterocycles. The Morgan fingerprint density at radius 2 is 1.60 bits per heavy atom. The van der Waals surface area contributed by atoms with Crippen molar-refractivity contribution < 1.29 is 18.0 Å². The molecule has 1 fully saturated rings. The number of rotatable bonds is 11. The Bertz CT molecular complexity index is 1510. The van der Waals surface area contributed by atoms with E-state index in [1.165, 1.54) is 4.90 Å². The van der Waals surface area contributed by atoms with Crippen molar-refractivity contribution in [2.45, 2.75) is 57.7 Å². The van der Waals surface area contributed by atoms with E-state index in [0.29, 0.717) is 31.9 Å². The molecule has 1 N–H and O–H groups in total. The average molecular weight is 651 g/mol. The van der Waals surface area contributed by atoms with Gasteiger partial charge in [0.1, 0.15) is 12.6 Å². The maximum Gasteiger partial charge on any atom is 0.244 e. The molecule has 0 heterocycles. The van der Waals surface area contributed by atoms with E-state index in [0.717, 1.165) is 41.8 Å². The smallest absolute Gasteiger partial charge is 0.244 e. The summed E-state index contributed by atoms with van der Waals surface area (Å²) in [5.74, 6) is -0.885. The van der Waals surface area contributed by atoms with Crippen LogP contribution < -0.4 is 9.62 Å². The van der Waals surface area contributed by atoms with Crippen molar-refractivity contribution in [3.63, 3.8) is 0 Å². The van der Waals surface area contributed by atoms with Crippen LogP contribution in [0.3, 0.4) is 0 Å². The van der Waals surface area contributed by atoms with Crippen LogP contribution in [0.1, 0.15) is 42.4 Å². The van der Waals surface area contributed by atoms with Crippen LogP contribution in [0, 0.1) is 6.92 Å². The van der Waals surface area contributed by atoms with Gasteiger partial charge in [-0.2, -0.15) is 0 Å². The summed E-state index contributed by atoms with van der Waals surface area (Å²) < 4.78 is 27.1. The molecule has 0 spiro atoms. The third-order valence-electron chi connectivity index (χ3n) is 7.47. The molecule has 1 atom stereocenters. The monoisotopic (exact) mass is 649 g/mol. The maximum absolute atomic E-state index is 14.3. The summed E-state index contributed by atoms with van der Waals surface area (Å²) in [7, 11) is -3.90. The van der Waals surface area contributed by atoms with Crippen molar-refractivity contribution in [1.82, 2.24) is 10.2 Å². The van der Waals surface area contributed by atoms with Gasteiger partial charge >= 0.3 is 0 Å². The summed E-state index contributed by atoms with van der Waals surface area (Å²) >= 11 is 19.2. The number of nitrogens with one attached hydrogen (secondary N) is 1. The molecule has 4 rings (SSSR count). The number of hydrogen-bond acceptors (Lipinski definition) is 4. The Kier molecular flexibility index (Phi) is 10.8. The van der Waals surface area contributed by atoms with Crippen LogP contribution in [0.4, 0.5) is 5.69 Å². The zero-order valence-electron chi connectivity index (χ0n) is 23.5. The summed E-state index contributed by atoms with van der Waals surface area (Å²) in [6.07, 6.45) is 5.04. The van der Waals surface area contributed by atoms with Gasteiger partial charge in [-0.15, -0.1) is 0 Å². The summed E-state index contributed by atoms with van der Waals surface area (Å²) in [4.78, 5) is 29.6. The molecule has 0 radical (unpaired) electrons. The number of carbonyl (C=O) groups is 2. The first-order chi connectivity index (χ1) is 19.9. The lowest BCUT2D eigenvalue weighted by Crippen LogP contribution is -2.54. The van der Waals surface area contributed by atoms with Crippen molar-refractivity contribution in [3.8, 4) is 0 Å². The summed E-state index contributed by atoms with van der Waals surface area (Å²) in [5, 5.41) is 4.25. The topological polar surface area (TPSA) is 86.8 Å². The molecule has 0 aliphatic heterocycles. The molecule has 2 amide bonds. The van der Waals surface area contributed by atoms with E-state index >= 15 is 0 Å². The number of halogens is 3. The van der Waals surface area contributed by atoms with Crippen LogP contribution in [0.2, 0.25) is 15.1 Å². The Hall–Kier alpha value is -2.78. The molecular weight excluding hydrogens is 617 g/mol. The average Bonchev–Trinajstić information content (AvgIpc) is 3.44. The number of sulfonamides is 1. The zero-order chi connectivity index (χ0) is 30.4. The number of nitrogens with zero attached hydrogens (tertiary/aromatic N) is 2. The quantitative estimate of drug-likeness (QED) is 0.260. The SMILES string of the molecule is Cc1cc(Cl)ccc1N(CC(=O)N(Cc1c(Cl)cccc1Cl)[C@H](Cc1ccccc1)C(=O)NC1CCCC1)S(C)(=O)=O. The van der Waals surface area contributed by atoms with Gasteiger partial charge in [0, 0.05) is 39.6 Å². The summed E-state index contributed by atoms with van der Waals surface area (Å²) in [5.41, 5.74) is 2.22. The fourth-order valence-electron chi connectivity index (χ4n) is 5.27. The zero-order valence-corrected chi connectivity index (χ0v) is 26.6. The van der Waals surface area contributed by atoms with Crippen molar-refractivity contribution in [1.29, 1.82) is 0 Å². The van der Waals surface area contributed by atoms with Gasteiger partial charge in [0.2, 0.25) is 21.8 Å². The van der Waals surface area contributed by atoms with Crippen LogP contribution in [0.5, 0.6) is 0 Å². The van der Waals surface area contributed by atoms with Crippen LogP contribution in [0.25, 0.3) is 0 Å². The lowest BCUT2D eigenvalue weighted by molar-refractivity contribution is -0.140. The van der Waals surface area contributed by atoms with E-state index in [-0.39, 0.29) is 24.9 Å². The van der Waals surface area contributed by atoms with Gasteiger partial charge in [-0.25, -0.2) is 8.42 Å². The number of benzene rings is 3. The predicted molar refractivity (Wildman–Crippen MR) is 170 cm³/mol. The minimum atomic E-state index is -3.90. The highest BCUT2D eigenvalue weighted by Gasteiger charge is 2.35. The van der Waals surface area contributed by atoms with Gasteiger partial charge in [-0.1, -0.05) is 84.0 Å². The molecule has 1 aliphatic carbocycles. The van der Waals surface area contributed by atoms with E-state index in [9.17, 15) is 18.0 Å². The van der Waals surface area contributed by atoms with Gasteiger partial charge in [-0.05, 0) is 61.2 Å². The van der Waals surface area contributed by atoms with Crippen LogP contribution >= 0.6 is 34.8 Å². The third kappa shape index (κ3) is 8.19. The Morgan fingerprint density at radius 3 is 2.19 bits per heavy atom. The van der Waals surface area contributed by atoms with E-state index < -0.39 is 28.5 Å². The number of anilines is 1. The standard InChI is InChI=1S/C31H34Cl3N3O4S/c1-21-17-23(32)15-16-28(21)37(42(2,40)41)20-30(38)36(19-25-26(33)13-8-14-27(25)34)29(18-22-9-4-3-5-10-22)31(39)35-24-11-6-7-12-24/h3-5,8-10,13-17,24,29H,6-7,11-12,18-20H2,1-2H3,(H,35,39)/t29-/m1/s1. The molecule has 0 unspecified atom stereocenters. The molecule has 11 heteroatoms. The number of amides is 2. The van der Waals surface area contributed by atoms with Crippen LogP contribution in [0.15, 0.2) is 66.7 Å². The minimum Gasteiger partial charge on any atom is -0.352 e. The fourth-order valence-corrected chi connectivity index (χ4v) is 6.92. The van der Waals surface area contributed by atoms with Crippen molar-refractivity contribution >= 4 is 62.3 Å². The molecule has 224 valence electrons. The normalized spacial score (nSPS) is 14.4. The van der Waals surface area contributed by atoms with E-state index in [1.54, 1.807) is 43.3 Å². The van der Waals surface area contributed by atoms with Crippen molar-refractivity contribution in [2.24, 2.45) is 0 Å². The van der Waals surface area contributed by atoms with E-state index in [2.05, 4.69) is 5.32 Å². The third-order valence-corrected chi connectivity index (χ3v) is 9.54. The van der Waals surface area contributed by atoms with Crippen LogP contribution in [-0.2, 0) is 32.6 Å². The summed E-state index contributed by atoms with van der Waals surface area (Å²) in [6, 6.07) is 18.2. The first-order valence-corrected chi connectivity index (χ1v) is 16.7.